The number of carbonyl (C=O) groups excluding carboxylic acids is 4. The zero-order valence-corrected chi connectivity index (χ0v) is 33.1. The molecule has 0 aliphatic rings. The van der Waals surface area contributed by atoms with Crippen LogP contribution in [0.5, 0.6) is 0 Å². The number of methoxy groups -OCH3 is 1. The minimum Gasteiger partial charge on any atom is -0.467 e. The SMILES string of the molecule is COC(=O)[C@@H](NC(=O)[C@H](CO)NC(=O)c1csc(-c2ccc(NC(=O)OC(C)(C)C)cc2)n1)[C@H](C)O[Si](c1ccccc1)(c1ccccc1)C(C)(C)C. The summed E-state index contributed by atoms with van der Waals surface area (Å²) in [5.74, 6) is -2.25. The first-order valence-corrected chi connectivity index (χ1v) is 19.9. The van der Waals surface area contributed by atoms with Crippen LogP contribution in [-0.2, 0) is 23.5 Å². The summed E-state index contributed by atoms with van der Waals surface area (Å²) in [6.07, 6.45) is -1.47. The van der Waals surface area contributed by atoms with Crippen molar-refractivity contribution >= 4 is 59.6 Å². The van der Waals surface area contributed by atoms with Crippen molar-refractivity contribution in [2.75, 3.05) is 19.0 Å². The largest absolute Gasteiger partial charge is 0.467 e. The minimum atomic E-state index is -3.15. The van der Waals surface area contributed by atoms with E-state index < -0.39 is 67.6 Å². The van der Waals surface area contributed by atoms with Gasteiger partial charge in [0.05, 0.1) is 19.8 Å². The van der Waals surface area contributed by atoms with Gasteiger partial charge in [-0.15, -0.1) is 11.3 Å². The molecule has 0 saturated heterocycles. The van der Waals surface area contributed by atoms with E-state index in [9.17, 15) is 24.3 Å². The van der Waals surface area contributed by atoms with Gasteiger partial charge < -0.3 is 29.6 Å². The molecule has 14 heteroatoms. The van der Waals surface area contributed by atoms with Gasteiger partial charge in [-0.1, -0.05) is 81.4 Å². The van der Waals surface area contributed by atoms with E-state index in [0.29, 0.717) is 16.3 Å². The van der Waals surface area contributed by atoms with Crippen molar-refractivity contribution in [1.82, 2.24) is 15.6 Å². The van der Waals surface area contributed by atoms with E-state index in [1.165, 1.54) is 23.8 Å². The van der Waals surface area contributed by atoms with Crippen molar-refractivity contribution in [3.8, 4) is 10.6 Å². The van der Waals surface area contributed by atoms with E-state index in [-0.39, 0.29) is 5.69 Å². The highest BCUT2D eigenvalue weighted by atomic mass is 32.1. The normalized spacial score (nSPS) is 13.6. The Hall–Kier alpha value is -4.89. The number of thiazole rings is 1. The van der Waals surface area contributed by atoms with E-state index >= 15 is 0 Å². The van der Waals surface area contributed by atoms with E-state index in [4.69, 9.17) is 13.9 Å². The monoisotopic (exact) mass is 760 g/mol. The summed E-state index contributed by atoms with van der Waals surface area (Å²) in [5, 5.41) is 21.6. The molecule has 12 nitrogen and oxygen atoms in total. The third-order valence-electron chi connectivity index (χ3n) is 8.32. The summed E-state index contributed by atoms with van der Waals surface area (Å²) >= 11 is 1.21. The van der Waals surface area contributed by atoms with E-state index in [1.54, 1.807) is 52.0 Å². The smallest absolute Gasteiger partial charge is 0.412 e. The number of aliphatic hydroxyl groups excluding tert-OH is 1. The van der Waals surface area contributed by atoms with Gasteiger partial charge in [0.2, 0.25) is 5.91 Å². The van der Waals surface area contributed by atoms with Crippen LogP contribution in [0.3, 0.4) is 0 Å². The van der Waals surface area contributed by atoms with Crippen molar-refractivity contribution in [3.63, 3.8) is 0 Å². The second-order valence-electron chi connectivity index (χ2n) is 14.4. The summed E-state index contributed by atoms with van der Waals surface area (Å²) < 4.78 is 17.4. The number of amides is 3. The van der Waals surface area contributed by atoms with Crippen LogP contribution in [0.15, 0.2) is 90.3 Å². The zero-order valence-electron chi connectivity index (χ0n) is 31.3. The Kier molecular flexibility index (Phi) is 13.3. The van der Waals surface area contributed by atoms with E-state index in [2.05, 4.69) is 41.7 Å². The molecule has 4 aromatic rings. The van der Waals surface area contributed by atoms with Crippen molar-refractivity contribution in [2.24, 2.45) is 0 Å². The number of rotatable bonds is 13. The standard InChI is InChI=1S/C39H48N4O8SSi/c1-25(51-53(39(5,6)7,28-15-11-9-12-16-28)29-17-13-10-14-18-29)32(36(47)49-8)43-33(45)30(23-44)41-34(46)31-24-52-35(42-31)26-19-21-27(22-20-26)40-37(48)50-38(2,3)4/h9-22,24-25,30,32,44H,23H2,1-8H3,(H,40,48)(H,41,46)(H,43,45)/t25-,30-,32-/m0/s1. The molecule has 0 radical (unpaired) electrons. The predicted molar refractivity (Wildman–Crippen MR) is 208 cm³/mol. The fourth-order valence-corrected chi connectivity index (χ4v) is 11.4. The number of nitrogens with zero attached hydrogens (tertiary/aromatic N) is 1. The fraction of sp³-hybridized carbons (Fsp3) is 0.359. The highest BCUT2D eigenvalue weighted by Crippen LogP contribution is 2.38. The third kappa shape index (κ3) is 10.2. The molecule has 4 rings (SSSR count). The highest BCUT2D eigenvalue weighted by Gasteiger charge is 2.52. The van der Waals surface area contributed by atoms with Crippen LogP contribution in [-0.4, -0.2) is 79.8 Å². The lowest BCUT2D eigenvalue weighted by Crippen LogP contribution is -2.69. The second-order valence-corrected chi connectivity index (χ2v) is 19.6. The number of ether oxygens (including phenoxy) is 2. The molecule has 0 aliphatic carbocycles. The second kappa shape index (κ2) is 17.3. The third-order valence-corrected chi connectivity index (χ3v) is 14.3. The molecule has 0 unspecified atom stereocenters. The highest BCUT2D eigenvalue weighted by molar-refractivity contribution is 7.13. The lowest BCUT2D eigenvalue weighted by molar-refractivity contribution is -0.148. The molecule has 3 amide bonds. The average molecular weight is 761 g/mol. The summed E-state index contributed by atoms with van der Waals surface area (Å²) in [6.45, 7) is 12.5. The maximum atomic E-state index is 13.6. The number of carbonyl (C=O) groups is 4. The van der Waals surface area contributed by atoms with Crippen LogP contribution in [0.4, 0.5) is 10.5 Å². The van der Waals surface area contributed by atoms with Gasteiger partial charge in [-0.3, -0.25) is 14.9 Å². The Labute approximate surface area is 315 Å². The molecular weight excluding hydrogens is 713 g/mol. The van der Waals surface area contributed by atoms with Gasteiger partial charge in [-0.2, -0.15) is 0 Å². The molecule has 53 heavy (non-hydrogen) atoms. The number of nitrogens with one attached hydrogen (secondary N) is 3. The van der Waals surface area contributed by atoms with Gasteiger partial charge >= 0.3 is 12.1 Å². The van der Waals surface area contributed by atoms with Crippen molar-refractivity contribution in [1.29, 1.82) is 0 Å². The molecule has 282 valence electrons. The predicted octanol–water partition coefficient (Wildman–Crippen LogP) is 4.87. The molecule has 1 aromatic heterocycles. The number of anilines is 1. The molecule has 4 N–H and O–H groups in total. The van der Waals surface area contributed by atoms with Gasteiger partial charge in [-0.25, -0.2) is 14.6 Å². The van der Waals surface area contributed by atoms with Crippen molar-refractivity contribution in [2.45, 2.75) is 77.3 Å². The number of hydrogen-bond acceptors (Lipinski definition) is 10. The van der Waals surface area contributed by atoms with Gasteiger partial charge in [0.15, 0.2) is 6.04 Å². The number of aromatic nitrogens is 1. The Balaban J connectivity index is 1.50. The van der Waals surface area contributed by atoms with Gasteiger partial charge in [-0.05, 0) is 67.4 Å². The van der Waals surface area contributed by atoms with Gasteiger partial charge in [0, 0.05) is 16.6 Å². The van der Waals surface area contributed by atoms with Gasteiger partial charge in [0.25, 0.3) is 14.2 Å². The van der Waals surface area contributed by atoms with Gasteiger partial charge in [0.1, 0.15) is 22.3 Å². The molecular formula is C39H48N4O8SSi. The first-order valence-electron chi connectivity index (χ1n) is 17.1. The minimum absolute atomic E-state index is 0.0279. The fourth-order valence-electron chi connectivity index (χ4n) is 5.84. The van der Waals surface area contributed by atoms with Crippen LogP contribution in [0.2, 0.25) is 5.04 Å². The molecule has 0 bridgehead atoms. The number of benzene rings is 3. The summed E-state index contributed by atoms with van der Waals surface area (Å²) in [5.41, 5.74) is 0.598. The molecule has 3 aromatic carbocycles. The maximum Gasteiger partial charge on any atom is 0.412 e. The topological polar surface area (TPSA) is 165 Å². The Morgan fingerprint density at radius 2 is 1.42 bits per heavy atom. The van der Waals surface area contributed by atoms with E-state index in [0.717, 1.165) is 10.4 Å². The molecule has 3 atom stereocenters. The number of esters is 1. The van der Waals surface area contributed by atoms with Crippen LogP contribution in [0.1, 0.15) is 59.0 Å². The summed E-state index contributed by atoms with van der Waals surface area (Å²) in [6, 6.07) is 23.8. The summed E-state index contributed by atoms with van der Waals surface area (Å²) in [7, 11) is -1.93. The Bertz CT molecular complexity index is 1820. The van der Waals surface area contributed by atoms with Crippen LogP contribution in [0, 0.1) is 0 Å². The summed E-state index contributed by atoms with van der Waals surface area (Å²) in [4.78, 5) is 56.6. The molecule has 1 heterocycles. The number of aliphatic hydroxyl groups is 1. The first-order chi connectivity index (χ1) is 25.0. The molecule has 0 saturated carbocycles. The quantitative estimate of drug-likeness (QED) is 0.110. The average Bonchev–Trinajstić information content (AvgIpc) is 3.61. The first kappa shape index (κ1) is 40.9. The van der Waals surface area contributed by atoms with Crippen LogP contribution < -0.4 is 26.3 Å². The van der Waals surface area contributed by atoms with Crippen molar-refractivity contribution in [3.05, 3.63) is 96.0 Å². The molecule has 0 spiro atoms. The maximum absolute atomic E-state index is 13.6. The van der Waals surface area contributed by atoms with Crippen LogP contribution >= 0.6 is 11.3 Å². The Morgan fingerprint density at radius 1 is 0.849 bits per heavy atom. The Morgan fingerprint density at radius 3 is 1.91 bits per heavy atom. The van der Waals surface area contributed by atoms with Crippen LogP contribution in [0.25, 0.3) is 10.6 Å². The zero-order chi connectivity index (χ0) is 39.0. The van der Waals surface area contributed by atoms with Crippen molar-refractivity contribution < 1.29 is 38.2 Å². The van der Waals surface area contributed by atoms with E-state index in [1.807, 2.05) is 60.7 Å². The molecule has 0 aliphatic heterocycles. The lowest BCUT2D eigenvalue weighted by Gasteiger charge is -2.45. The number of hydrogen-bond donors (Lipinski definition) is 4. The molecule has 0 fully saturated rings. The lowest BCUT2D eigenvalue weighted by atomic mass is 10.1.